The maximum Gasteiger partial charge on any atom is 0.335 e. The lowest BCUT2D eigenvalue weighted by molar-refractivity contribution is -0.114. The van der Waals surface area contributed by atoms with Crippen molar-refractivity contribution in [2.24, 2.45) is 4.99 Å². The lowest BCUT2D eigenvalue weighted by Crippen LogP contribution is -2.33. The number of para-hydroxylation sites is 3. The predicted octanol–water partition coefficient (Wildman–Crippen LogP) is 2.72. The first-order valence-electron chi connectivity index (χ1n) is 9.00. The van der Waals surface area contributed by atoms with Crippen molar-refractivity contribution in [2.45, 2.75) is 20.3 Å². The second-order valence-electron chi connectivity index (χ2n) is 6.24. The van der Waals surface area contributed by atoms with Gasteiger partial charge in [-0.3, -0.25) is 19.6 Å². The Balaban J connectivity index is 2.22. The Morgan fingerprint density at radius 2 is 1.76 bits per heavy atom. The van der Waals surface area contributed by atoms with Crippen LogP contribution in [0.15, 0.2) is 69.2 Å². The average Bonchev–Trinajstić information content (AvgIpc) is 2.68. The number of carbonyl (C=O) groups excluding carboxylic acids is 1. The van der Waals surface area contributed by atoms with Crippen LogP contribution >= 0.6 is 0 Å². The normalized spacial score (nSPS) is 11.3. The van der Waals surface area contributed by atoms with Crippen molar-refractivity contribution in [3.8, 4) is 11.6 Å². The Bertz CT molecular complexity index is 1190. The molecule has 2 aromatic carbocycles. The van der Waals surface area contributed by atoms with Crippen LogP contribution < -0.4 is 16.6 Å². The number of nitrogens with zero attached hydrogens (tertiary/aromatic N) is 2. The van der Waals surface area contributed by atoms with Crippen LogP contribution in [0.4, 0.5) is 11.4 Å². The molecule has 0 aliphatic carbocycles. The molecule has 0 fully saturated rings. The maximum atomic E-state index is 12.5. The van der Waals surface area contributed by atoms with Crippen molar-refractivity contribution in [1.29, 1.82) is 0 Å². The van der Waals surface area contributed by atoms with Gasteiger partial charge in [0.25, 0.3) is 5.56 Å². The van der Waals surface area contributed by atoms with Crippen LogP contribution in [0, 0.1) is 0 Å². The Kier molecular flexibility index (Phi) is 5.73. The van der Waals surface area contributed by atoms with Gasteiger partial charge in [0, 0.05) is 6.92 Å². The number of aromatic hydroxyl groups is 1. The monoisotopic (exact) mass is 392 g/mol. The maximum absolute atomic E-state index is 12.5. The topological polar surface area (TPSA) is 117 Å². The molecule has 0 saturated heterocycles. The van der Waals surface area contributed by atoms with Crippen LogP contribution in [0.2, 0.25) is 0 Å². The van der Waals surface area contributed by atoms with Crippen molar-refractivity contribution < 1.29 is 9.90 Å². The van der Waals surface area contributed by atoms with Crippen LogP contribution in [0.1, 0.15) is 25.8 Å². The Morgan fingerprint density at radius 3 is 2.41 bits per heavy atom. The summed E-state index contributed by atoms with van der Waals surface area (Å²) in [7, 11) is 0. The highest BCUT2D eigenvalue weighted by molar-refractivity contribution is 6.04. The molecular weight excluding hydrogens is 372 g/mol. The summed E-state index contributed by atoms with van der Waals surface area (Å²) in [5, 5.41) is 13.5. The van der Waals surface area contributed by atoms with Crippen LogP contribution in [-0.4, -0.2) is 26.3 Å². The van der Waals surface area contributed by atoms with Crippen molar-refractivity contribution >= 4 is 23.0 Å². The molecule has 0 unspecified atom stereocenters. The quantitative estimate of drug-likeness (QED) is 0.579. The summed E-state index contributed by atoms with van der Waals surface area (Å²) in [6.07, 6.45) is 0.304. The smallest absolute Gasteiger partial charge is 0.335 e. The molecule has 0 spiro atoms. The summed E-state index contributed by atoms with van der Waals surface area (Å²) in [6.45, 7) is 3.16. The molecule has 3 aromatic rings. The van der Waals surface area contributed by atoms with E-state index in [0.29, 0.717) is 23.5 Å². The number of H-pyrrole nitrogens is 1. The fraction of sp³-hybridized carbons (Fsp3) is 0.143. The Labute approximate surface area is 166 Å². The highest BCUT2D eigenvalue weighted by Gasteiger charge is 2.19. The lowest BCUT2D eigenvalue weighted by atomic mass is 10.1. The summed E-state index contributed by atoms with van der Waals surface area (Å²) in [6, 6.07) is 15.3. The fourth-order valence-corrected chi connectivity index (χ4v) is 2.93. The van der Waals surface area contributed by atoms with E-state index in [1.807, 2.05) is 0 Å². The number of amides is 1. The Hall–Kier alpha value is -3.94. The first-order valence-corrected chi connectivity index (χ1v) is 9.00. The van der Waals surface area contributed by atoms with Gasteiger partial charge in [-0.2, -0.15) is 0 Å². The number of rotatable bonds is 5. The minimum absolute atomic E-state index is 0.103. The van der Waals surface area contributed by atoms with Crippen molar-refractivity contribution in [2.75, 3.05) is 5.32 Å². The SMILES string of the molecule is CCC(=Nc1ccccc1NC(C)=O)c1c(O)n(-c2ccccc2)c(=O)[nH]c1=O. The molecule has 8 nitrogen and oxygen atoms in total. The number of hydrogen-bond acceptors (Lipinski definition) is 5. The number of carbonyl (C=O) groups is 1. The molecule has 0 saturated carbocycles. The van der Waals surface area contributed by atoms with E-state index in [-0.39, 0.29) is 17.2 Å². The molecule has 0 radical (unpaired) electrons. The summed E-state index contributed by atoms with van der Waals surface area (Å²) in [5.41, 5.74) is -0.0238. The van der Waals surface area contributed by atoms with E-state index in [9.17, 15) is 19.5 Å². The molecule has 3 N–H and O–H groups in total. The van der Waals surface area contributed by atoms with E-state index in [0.717, 1.165) is 4.57 Å². The number of aromatic amines is 1. The number of aromatic nitrogens is 2. The van der Waals surface area contributed by atoms with Gasteiger partial charge in [0.2, 0.25) is 11.8 Å². The van der Waals surface area contributed by atoms with E-state index < -0.39 is 17.1 Å². The summed E-state index contributed by atoms with van der Waals surface area (Å²) < 4.78 is 1.02. The summed E-state index contributed by atoms with van der Waals surface area (Å²) in [4.78, 5) is 43.0. The molecule has 1 aromatic heterocycles. The number of hydrogen-bond donors (Lipinski definition) is 3. The summed E-state index contributed by atoms with van der Waals surface area (Å²) in [5.74, 6) is -0.758. The molecule has 0 aliphatic heterocycles. The fourth-order valence-electron chi connectivity index (χ4n) is 2.93. The van der Waals surface area contributed by atoms with Crippen LogP contribution in [0.5, 0.6) is 5.88 Å². The zero-order valence-electron chi connectivity index (χ0n) is 16.0. The van der Waals surface area contributed by atoms with Crippen molar-refractivity contribution in [1.82, 2.24) is 9.55 Å². The highest BCUT2D eigenvalue weighted by Crippen LogP contribution is 2.27. The first-order chi connectivity index (χ1) is 13.9. The van der Waals surface area contributed by atoms with Crippen LogP contribution in [0.25, 0.3) is 5.69 Å². The van der Waals surface area contributed by atoms with Gasteiger partial charge < -0.3 is 10.4 Å². The minimum atomic E-state index is -0.753. The van der Waals surface area contributed by atoms with Gasteiger partial charge >= 0.3 is 5.69 Å². The molecule has 29 heavy (non-hydrogen) atoms. The van der Waals surface area contributed by atoms with Crippen molar-refractivity contribution in [3.63, 3.8) is 0 Å². The second kappa shape index (κ2) is 8.39. The molecular formula is C21H20N4O4. The van der Waals surface area contributed by atoms with E-state index in [4.69, 9.17) is 0 Å². The minimum Gasteiger partial charge on any atom is -0.493 e. The number of aliphatic imine (C=N–C) groups is 1. The van der Waals surface area contributed by atoms with Crippen molar-refractivity contribution in [3.05, 3.63) is 81.0 Å². The molecule has 0 bridgehead atoms. The largest absolute Gasteiger partial charge is 0.493 e. The van der Waals surface area contributed by atoms with E-state index in [1.165, 1.54) is 6.92 Å². The molecule has 1 heterocycles. The van der Waals surface area contributed by atoms with Gasteiger partial charge in [-0.15, -0.1) is 0 Å². The molecule has 148 valence electrons. The molecule has 0 atom stereocenters. The van der Waals surface area contributed by atoms with Gasteiger partial charge in [0.15, 0.2) is 0 Å². The standard InChI is InChI=1S/C21H20N4O4/c1-3-15(23-17-12-8-7-11-16(17)22-13(2)26)18-19(27)24-21(29)25(20(18)28)14-9-5-4-6-10-14/h4-12,28H,3H2,1-2H3,(H,22,26)(H,24,27,29). The van der Waals surface area contributed by atoms with Gasteiger partial charge in [0.05, 0.1) is 22.8 Å². The van der Waals surface area contributed by atoms with Gasteiger partial charge in [0.1, 0.15) is 5.56 Å². The van der Waals surface area contributed by atoms with E-state index in [2.05, 4.69) is 15.3 Å². The van der Waals surface area contributed by atoms with E-state index in [1.54, 1.807) is 61.5 Å². The third kappa shape index (κ3) is 4.16. The first kappa shape index (κ1) is 19.8. The molecule has 0 aliphatic rings. The van der Waals surface area contributed by atoms with Gasteiger partial charge in [-0.1, -0.05) is 37.3 Å². The van der Waals surface area contributed by atoms with Crippen LogP contribution in [0.3, 0.4) is 0 Å². The zero-order valence-corrected chi connectivity index (χ0v) is 16.0. The highest BCUT2D eigenvalue weighted by atomic mass is 16.3. The predicted molar refractivity (Wildman–Crippen MR) is 112 cm³/mol. The second-order valence-corrected chi connectivity index (χ2v) is 6.24. The number of anilines is 1. The van der Waals surface area contributed by atoms with Gasteiger partial charge in [-0.05, 0) is 30.7 Å². The number of nitrogens with one attached hydrogen (secondary N) is 2. The average molecular weight is 392 g/mol. The summed E-state index contributed by atoms with van der Waals surface area (Å²) >= 11 is 0. The zero-order chi connectivity index (χ0) is 21.0. The van der Waals surface area contributed by atoms with Gasteiger partial charge in [-0.25, -0.2) is 9.36 Å². The van der Waals surface area contributed by atoms with Crippen LogP contribution in [-0.2, 0) is 4.79 Å². The third-order valence-corrected chi connectivity index (χ3v) is 4.19. The molecule has 1 amide bonds. The third-order valence-electron chi connectivity index (χ3n) is 4.19. The Morgan fingerprint density at radius 1 is 1.10 bits per heavy atom. The number of benzene rings is 2. The lowest BCUT2D eigenvalue weighted by Gasteiger charge is -2.13. The molecule has 8 heteroatoms. The van der Waals surface area contributed by atoms with E-state index >= 15 is 0 Å². The molecule has 3 rings (SSSR count).